The highest BCUT2D eigenvalue weighted by Crippen LogP contribution is 2.18. The van der Waals surface area contributed by atoms with E-state index in [2.05, 4.69) is 15.5 Å². The zero-order valence-electron chi connectivity index (χ0n) is 16.6. The predicted octanol–water partition coefficient (Wildman–Crippen LogP) is 2.93. The van der Waals surface area contributed by atoms with Gasteiger partial charge in [0.1, 0.15) is 5.75 Å². The van der Waals surface area contributed by atoms with E-state index in [1.165, 1.54) is 6.08 Å². The van der Waals surface area contributed by atoms with Gasteiger partial charge >= 0.3 is 0 Å². The maximum atomic E-state index is 12.2. The van der Waals surface area contributed by atoms with Gasteiger partial charge in [-0.25, -0.2) is 0 Å². The summed E-state index contributed by atoms with van der Waals surface area (Å²) in [6, 6.07) is 17.1. The van der Waals surface area contributed by atoms with Crippen LogP contribution < -0.4 is 15.4 Å². The summed E-state index contributed by atoms with van der Waals surface area (Å²) >= 11 is 0. The predicted molar refractivity (Wildman–Crippen MR) is 115 cm³/mol. The number of nitrogens with zero attached hydrogens (tertiary/aromatic N) is 1. The fraction of sp³-hybridized carbons (Fsp3) is 0.304. The smallest absolute Gasteiger partial charge is 0.244 e. The third-order valence-corrected chi connectivity index (χ3v) is 4.91. The van der Waals surface area contributed by atoms with Crippen molar-refractivity contribution in [3.8, 4) is 5.75 Å². The minimum Gasteiger partial charge on any atom is -0.496 e. The first kappa shape index (κ1) is 20.6. The number of carbonyl (C=O) groups excluding carboxylic acids is 2. The molecule has 29 heavy (non-hydrogen) atoms. The van der Waals surface area contributed by atoms with Crippen molar-refractivity contribution >= 4 is 23.6 Å². The van der Waals surface area contributed by atoms with Crippen molar-refractivity contribution in [1.82, 2.24) is 10.2 Å². The first-order valence-corrected chi connectivity index (χ1v) is 9.83. The second kappa shape index (κ2) is 10.4. The third kappa shape index (κ3) is 6.47. The second-order valence-electron chi connectivity index (χ2n) is 7.05. The summed E-state index contributed by atoms with van der Waals surface area (Å²) in [5, 5.41) is 5.95. The summed E-state index contributed by atoms with van der Waals surface area (Å²) in [7, 11) is 1.61. The Labute approximate surface area is 171 Å². The number of ether oxygens (including phenoxy) is 1. The van der Waals surface area contributed by atoms with Crippen LogP contribution in [0.2, 0.25) is 0 Å². The van der Waals surface area contributed by atoms with Crippen molar-refractivity contribution in [2.45, 2.75) is 18.9 Å². The van der Waals surface area contributed by atoms with Gasteiger partial charge in [-0.2, -0.15) is 0 Å². The number of rotatable bonds is 7. The molecule has 0 bridgehead atoms. The monoisotopic (exact) mass is 393 g/mol. The van der Waals surface area contributed by atoms with Gasteiger partial charge in [0.25, 0.3) is 0 Å². The van der Waals surface area contributed by atoms with Crippen LogP contribution >= 0.6 is 0 Å². The van der Waals surface area contributed by atoms with Gasteiger partial charge in [0.2, 0.25) is 11.8 Å². The van der Waals surface area contributed by atoms with Gasteiger partial charge in [0.15, 0.2) is 0 Å². The minimum atomic E-state index is -0.115. The number of methoxy groups -OCH3 is 1. The lowest BCUT2D eigenvalue weighted by Crippen LogP contribution is -2.46. The fourth-order valence-electron chi connectivity index (χ4n) is 3.38. The minimum absolute atomic E-state index is 0.0153. The van der Waals surface area contributed by atoms with E-state index in [9.17, 15) is 9.59 Å². The molecular formula is C23H27N3O3. The molecule has 0 saturated carbocycles. The summed E-state index contributed by atoms with van der Waals surface area (Å²) in [6.07, 6.45) is 4.95. The molecule has 0 spiro atoms. The molecule has 1 aliphatic heterocycles. The van der Waals surface area contributed by atoms with Crippen molar-refractivity contribution in [2.75, 3.05) is 32.1 Å². The van der Waals surface area contributed by atoms with Crippen molar-refractivity contribution in [3.63, 3.8) is 0 Å². The molecule has 152 valence electrons. The number of hydrogen-bond acceptors (Lipinski definition) is 4. The molecule has 0 radical (unpaired) electrons. The Kier molecular flexibility index (Phi) is 7.41. The number of piperidine rings is 1. The zero-order valence-corrected chi connectivity index (χ0v) is 16.6. The van der Waals surface area contributed by atoms with Gasteiger partial charge in [-0.3, -0.25) is 14.5 Å². The normalized spacial score (nSPS) is 15.2. The summed E-state index contributed by atoms with van der Waals surface area (Å²) in [5.74, 6) is 0.605. The second-order valence-corrected chi connectivity index (χ2v) is 7.05. The van der Waals surface area contributed by atoms with E-state index >= 15 is 0 Å². The van der Waals surface area contributed by atoms with Crippen molar-refractivity contribution in [3.05, 3.63) is 66.2 Å². The highest BCUT2D eigenvalue weighted by Gasteiger charge is 2.21. The molecule has 6 nitrogen and oxygen atoms in total. The number of nitrogens with one attached hydrogen (secondary N) is 2. The largest absolute Gasteiger partial charge is 0.496 e. The summed E-state index contributed by atoms with van der Waals surface area (Å²) in [5.41, 5.74) is 1.67. The van der Waals surface area contributed by atoms with Gasteiger partial charge in [-0.1, -0.05) is 36.4 Å². The number of likely N-dealkylation sites (tertiary alicyclic amines) is 1. The first-order valence-electron chi connectivity index (χ1n) is 9.83. The number of hydrogen-bond donors (Lipinski definition) is 2. The lowest BCUT2D eigenvalue weighted by atomic mass is 10.0. The van der Waals surface area contributed by atoms with Crippen molar-refractivity contribution in [1.29, 1.82) is 0 Å². The summed E-state index contributed by atoms with van der Waals surface area (Å²) in [6.45, 7) is 1.93. The van der Waals surface area contributed by atoms with Crippen LogP contribution in [0.1, 0.15) is 18.4 Å². The van der Waals surface area contributed by atoms with E-state index < -0.39 is 0 Å². The zero-order chi connectivity index (χ0) is 20.5. The van der Waals surface area contributed by atoms with Gasteiger partial charge in [0.05, 0.1) is 13.7 Å². The molecule has 1 aliphatic rings. The number of anilines is 1. The summed E-state index contributed by atoms with van der Waals surface area (Å²) in [4.78, 5) is 26.5. The lowest BCUT2D eigenvalue weighted by molar-refractivity contribution is -0.119. The van der Waals surface area contributed by atoms with E-state index in [4.69, 9.17) is 4.74 Å². The summed E-state index contributed by atoms with van der Waals surface area (Å²) < 4.78 is 5.29. The van der Waals surface area contributed by atoms with E-state index in [0.29, 0.717) is 6.54 Å². The van der Waals surface area contributed by atoms with Gasteiger partial charge in [0, 0.05) is 36.5 Å². The molecule has 3 rings (SSSR count). The van der Waals surface area contributed by atoms with Crippen LogP contribution in [-0.2, 0) is 9.59 Å². The molecule has 0 atom stereocenters. The number of para-hydroxylation sites is 2. The Hall–Kier alpha value is -3.12. The Bertz CT molecular complexity index is 843. The fourth-order valence-corrected chi connectivity index (χ4v) is 3.38. The van der Waals surface area contributed by atoms with E-state index in [-0.39, 0.29) is 17.9 Å². The van der Waals surface area contributed by atoms with Crippen LogP contribution in [0.4, 0.5) is 5.69 Å². The molecule has 1 fully saturated rings. The van der Waals surface area contributed by atoms with Gasteiger partial charge in [-0.05, 0) is 37.1 Å². The SMILES string of the molecule is COc1ccccc1/C=C/C(=O)NC1CCN(CC(=O)Nc2ccccc2)CC1. The van der Waals surface area contributed by atoms with E-state index in [1.807, 2.05) is 54.6 Å². The molecule has 1 heterocycles. The van der Waals surface area contributed by atoms with Crippen LogP contribution in [0.5, 0.6) is 5.75 Å². The quantitative estimate of drug-likeness (QED) is 0.710. The van der Waals surface area contributed by atoms with E-state index in [0.717, 1.165) is 42.9 Å². The molecule has 6 heteroatoms. The maximum Gasteiger partial charge on any atom is 0.244 e. The average Bonchev–Trinajstić information content (AvgIpc) is 2.74. The highest BCUT2D eigenvalue weighted by atomic mass is 16.5. The first-order chi connectivity index (χ1) is 14.1. The molecule has 2 aromatic rings. The molecule has 0 aromatic heterocycles. The molecule has 2 N–H and O–H groups in total. The molecule has 0 aliphatic carbocycles. The molecular weight excluding hydrogens is 366 g/mol. The van der Waals surface area contributed by atoms with Crippen molar-refractivity contribution < 1.29 is 14.3 Å². The van der Waals surface area contributed by atoms with Crippen molar-refractivity contribution in [2.24, 2.45) is 0 Å². The Morgan fingerprint density at radius 1 is 1.07 bits per heavy atom. The maximum absolute atomic E-state index is 12.2. The lowest BCUT2D eigenvalue weighted by Gasteiger charge is -2.31. The van der Waals surface area contributed by atoms with Crippen LogP contribution in [0.3, 0.4) is 0 Å². The van der Waals surface area contributed by atoms with Crippen LogP contribution in [0.15, 0.2) is 60.7 Å². The van der Waals surface area contributed by atoms with Gasteiger partial charge in [-0.15, -0.1) is 0 Å². The Balaban J connectivity index is 1.40. The van der Waals surface area contributed by atoms with Crippen LogP contribution in [-0.4, -0.2) is 49.5 Å². The average molecular weight is 393 g/mol. The van der Waals surface area contributed by atoms with E-state index in [1.54, 1.807) is 13.2 Å². The number of carbonyl (C=O) groups is 2. The Morgan fingerprint density at radius 2 is 1.76 bits per heavy atom. The van der Waals surface area contributed by atoms with Gasteiger partial charge < -0.3 is 15.4 Å². The number of benzene rings is 2. The molecule has 1 saturated heterocycles. The molecule has 2 amide bonds. The molecule has 2 aromatic carbocycles. The number of amides is 2. The topological polar surface area (TPSA) is 70.7 Å². The third-order valence-electron chi connectivity index (χ3n) is 4.91. The standard InChI is InChI=1S/C23H27N3O3/c1-29-21-10-6-5-7-18(21)11-12-22(27)24-20-13-15-26(16-14-20)17-23(28)25-19-8-3-2-4-9-19/h2-12,20H,13-17H2,1H3,(H,24,27)(H,25,28)/b12-11+. The Morgan fingerprint density at radius 3 is 2.48 bits per heavy atom. The van der Waals surface area contributed by atoms with Crippen LogP contribution in [0, 0.1) is 0 Å². The van der Waals surface area contributed by atoms with Crippen LogP contribution in [0.25, 0.3) is 6.08 Å². The molecule has 0 unspecified atom stereocenters. The highest BCUT2D eigenvalue weighted by molar-refractivity contribution is 5.93.